The fourth-order valence-electron chi connectivity index (χ4n) is 1.43. The van der Waals surface area contributed by atoms with Crippen molar-refractivity contribution >= 4 is 33.2 Å². The van der Waals surface area contributed by atoms with Crippen molar-refractivity contribution < 1.29 is 0 Å². The molecule has 6 heteroatoms. The second-order valence-corrected chi connectivity index (χ2v) is 4.46. The van der Waals surface area contributed by atoms with Gasteiger partial charge in [0.25, 0.3) is 5.56 Å². The monoisotopic (exact) mass is 244 g/mol. The Morgan fingerprint density at radius 3 is 2.93 bits per heavy atom. The van der Waals surface area contributed by atoms with Crippen LogP contribution >= 0.6 is 22.9 Å². The van der Waals surface area contributed by atoms with E-state index in [4.69, 9.17) is 11.6 Å². The summed E-state index contributed by atoms with van der Waals surface area (Å²) in [6.45, 7) is 2.10. The summed E-state index contributed by atoms with van der Waals surface area (Å²) in [4.78, 5) is 26.1. The van der Waals surface area contributed by atoms with Crippen molar-refractivity contribution in [2.24, 2.45) is 0 Å². The van der Waals surface area contributed by atoms with Gasteiger partial charge in [-0.05, 0) is 17.9 Å². The number of fused-ring (bicyclic) bond motifs is 1. The van der Waals surface area contributed by atoms with Gasteiger partial charge in [-0.25, -0.2) is 4.79 Å². The second kappa shape index (κ2) is 3.83. The van der Waals surface area contributed by atoms with Crippen LogP contribution in [0.5, 0.6) is 0 Å². The molecule has 2 aromatic heterocycles. The normalized spacial score (nSPS) is 11.1. The quantitative estimate of drug-likeness (QED) is 0.810. The third-order valence-electron chi connectivity index (χ3n) is 2.20. The zero-order valence-corrected chi connectivity index (χ0v) is 9.61. The molecule has 0 fully saturated rings. The first kappa shape index (κ1) is 10.4. The zero-order valence-electron chi connectivity index (χ0n) is 8.04. The van der Waals surface area contributed by atoms with Crippen molar-refractivity contribution in [1.29, 1.82) is 0 Å². The van der Waals surface area contributed by atoms with Gasteiger partial charge in [0, 0.05) is 12.4 Å². The predicted octanol–water partition coefficient (Wildman–Crippen LogP) is 1.30. The number of thiophene rings is 1. The van der Waals surface area contributed by atoms with E-state index in [0.29, 0.717) is 10.2 Å². The van der Waals surface area contributed by atoms with Crippen LogP contribution in [0.15, 0.2) is 15.0 Å². The molecule has 0 aliphatic rings. The van der Waals surface area contributed by atoms with Crippen LogP contribution in [0.1, 0.15) is 5.56 Å². The van der Waals surface area contributed by atoms with Gasteiger partial charge in [-0.15, -0.1) is 22.9 Å². The first-order chi connectivity index (χ1) is 7.15. The molecule has 0 aliphatic carbocycles. The molecule has 0 unspecified atom stereocenters. The van der Waals surface area contributed by atoms with Crippen LogP contribution in [0.4, 0.5) is 0 Å². The van der Waals surface area contributed by atoms with E-state index in [-0.39, 0.29) is 18.0 Å². The molecule has 80 valence electrons. The Bertz CT molecular complexity index is 611. The molecule has 0 saturated heterocycles. The largest absolute Gasteiger partial charge is 0.328 e. The molecule has 0 saturated carbocycles. The second-order valence-electron chi connectivity index (χ2n) is 3.20. The average molecular weight is 245 g/mol. The summed E-state index contributed by atoms with van der Waals surface area (Å²) in [6.07, 6.45) is 0. The van der Waals surface area contributed by atoms with Crippen LogP contribution < -0.4 is 11.2 Å². The van der Waals surface area contributed by atoms with Gasteiger partial charge in [-0.2, -0.15) is 0 Å². The van der Waals surface area contributed by atoms with Gasteiger partial charge >= 0.3 is 5.69 Å². The Morgan fingerprint density at radius 2 is 2.27 bits per heavy atom. The zero-order chi connectivity index (χ0) is 11.0. The lowest BCUT2D eigenvalue weighted by molar-refractivity contribution is 0.689. The molecule has 2 heterocycles. The smallest absolute Gasteiger partial charge is 0.306 e. The summed E-state index contributed by atoms with van der Waals surface area (Å²) < 4.78 is 1.71. The minimum Gasteiger partial charge on any atom is -0.306 e. The van der Waals surface area contributed by atoms with Crippen LogP contribution in [0.25, 0.3) is 10.2 Å². The SMILES string of the molecule is Cc1csc2c(=O)n(CCCl)c(=O)[nH]c12. The van der Waals surface area contributed by atoms with Crippen LogP contribution in [0.2, 0.25) is 0 Å². The van der Waals surface area contributed by atoms with Crippen LogP contribution in [0, 0.1) is 6.92 Å². The number of nitrogens with one attached hydrogen (secondary N) is 1. The molecule has 0 amide bonds. The van der Waals surface area contributed by atoms with Crippen LogP contribution in [-0.4, -0.2) is 15.4 Å². The van der Waals surface area contributed by atoms with Gasteiger partial charge in [0.15, 0.2) is 0 Å². The highest BCUT2D eigenvalue weighted by Crippen LogP contribution is 2.18. The van der Waals surface area contributed by atoms with Crippen LogP contribution in [-0.2, 0) is 6.54 Å². The van der Waals surface area contributed by atoms with E-state index in [0.717, 1.165) is 10.1 Å². The summed E-state index contributed by atoms with van der Waals surface area (Å²) in [5, 5.41) is 1.85. The van der Waals surface area contributed by atoms with E-state index in [2.05, 4.69) is 4.98 Å². The maximum atomic E-state index is 11.8. The Labute approximate surface area is 94.1 Å². The first-order valence-electron chi connectivity index (χ1n) is 4.42. The molecule has 2 aromatic rings. The molecular weight excluding hydrogens is 236 g/mol. The third kappa shape index (κ3) is 1.61. The maximum Gasteiger partial charge on any atom is 0.328 e. The molecule has 0 bridgehead atoms. The number of hydrogen-bond donors (Lipinski definition) is 1. The lowest BCUT2D eigenvalue weighted by atomic mass is 10.3. The summed E-state index contributed by atoms with van der Waals surface area (Å²) in [6, 6.07) is 0. The lowest BCUT2D eigenvalue weighted by Crippen LogP contribution is -2.35. The van der Waals surface area contributed by atoms with Gasteiger partial charge in [-0.3, -0.25) is 9.36 Å². The molecule has 0 aliphatic heterocycles. The number of aromatic nitrogens is 2. The third-order valence-corrected chi connectivity index (χ3v) is 3.45. The fourth-order valence-corrected chi connectivity index (χ4v) is 2.56. The standard InChI is InChI=1S/C9H9ClN2O2S/c1-5-4-15-7-6(5)11-9(14)12(3-2-10)8(7)13/h4H,2-3H2,1H3,(H,11,14). The van der Waals surface area contributed by atoms with Gasteiger partial charge < -0.3 is 4.98 Å². The van der Waals surface area contributed by atoms with E-state index >= 15 is 0 Å². The topological polar surface area (TPSA) is 54.9 Å². The average Bonchev–Trinajstić information content (AvgIpc) is 2.55. The van der Waals surface area contributed by atoms with E-state index in [1.165, 1.54) is 11.3 Å². The van der Waals surface area contributed by atoms with Crippen molar-refractivity contribution in [3.63, 3.8) is 0 Å². The lowest BCUT2D eigenvalue weighted by Gasteiger charge is -2.01. The van der Waals surface area contributed by atoms with Crippen LogP contribution in [0.3, 0.4) is 0 Å². The highest BCUT2D eigenvalue weighted by atomic mass is 35.5. The van der Waals surface area contributed by atoms with E-state index in [1.54, 1.807) is 0 Å². The summed E-state index contributed by atoms with van der Waals surface area (Å²) in [7, 11) is 0. The van der Waals surface area contributed by atoms with Gasteiger partial charge in [0.1, 0.15) is 4.70 Å². The first-order valence-corrected chi connectivity index (χ1v) is 5.83. The molecule has 15 heavy (non-hydrogen) atoms. The van der Waals surface area contributed by atoms with Gasteiger partial charge in [0.2, 0.25) is 0 Å². The molecule has 1 N–H and O–H groups in total. The van der Waals surface area contributed by atoms with E-state index in [1.807, 2.05) is 12.3 Å². The number of aryl methyl sites for hydroxylation is 1. The van der Waals surface area contributed by atoms with Crippen molar-refractivity contribution in [3.8, 4) is 0 Å². The number of H-pyrrole nitrogens is 1. The predicted molar refractivity (Wildman–Crippen MR) is 62.2 cm³/mol. The van der Waals surface area contributed by atoms with E-state index in [9.17, 15) is 9.59 Å². The van der Waals surface area contributed by atoms with E-state index < -0.39 is 5.69 Å². The van der Waals surface area contributed by atoms with Gasteiger partial charge in [-0.1, -0.05) is 0 Å². The Kier molecular flexibility index (Phi) is 2.67. The Hall–Kier alpha value is -1.07. The maximum absolute atomic E-state index is 11.8. The van der Waals surface area contributed by atoms with Gasteiger partial charge in [0.05, 0.1) is 5.52 Å². The number of rotatable bonds is 2. The Morgan fingerprint density at radius 1 is 1.53 bits per heavy atom. The highest BCUT2D eigenvalue weighted by molar-refractivity contribution is 7.17. The number of hydrogen-bond acceptors (Lipinski definition) is 3. The Balaban J connectivity index is 2.86. The summed E-state index contributed by atoms with van der Waals surface area (Å²) in [5.74, 6) is 0.249. The van der Waals surface area contributed by atoms with Crippen molar-refractivity contribution in [2.75, 3.05) is 5.88 Å². The molecular formula is C9H9ClN2O2S. The fraction of sp³-hybridized carbons (Fsp3) is 0.333. The van der Waals surface area contributed by atoms with Crippen molar-refractivity contribution in [3.05, 3.63) is 31.8 Å². The summed E-state index contributed by atoms with van der Waals surface area (Å²) >= 11 is 6.87. The molecule has 0 atom stereocenters. The molecule has 2 rings (SSSR count). The van der Waals surface area contributed by atoms with Crippen molar-refractivity contribution in [2.45, 2.75) is 13.5 Å². The molecule has 0 aromatic carbocycles. The summed E-state index contributed by atoms with van der Waals surface area (Å²) in [5.41, 5.74) is 0.908. The number of alkyl halides is 1. The minimum absolute atomic E-state index is 0.239. The molecule has 4 nitrogen and oxygen atoms in total. The highest BCUT2D eigenvalue weighted by Gasteiger charge is 2.09. The number of nitrogens with zero attached hydrogens (tertiary/aromatic N) is 1. The number of aromatic amines is 1. The molecule has 0 spiro atoms. The number of halogens is 1. The van der Waals surface area contributed by atoms with Crippen molar-refractivity contribution in [1.82, 2.24) is 9.55 Å². The molecule has 0 radical (unpaired) electrons. The minimum atomic E-state index is -0.394.